The number of carbonyl (C=O) groups excluding carboxylic acids is 1. The average molecular weight is 300 g/mol. The van der Waals surface area contributed by atoms with Crippen LogP contribution in [0.5, 0.6) is 0 Å². The number of hydrogen-bond donors (Lipinski definition) is 2. The Bertz CT molecular complexity index is 684. The lowest BCUT2D eigenvalue weighted by molar-refractivity contribution is -0.384. The van der Waals surface area contributed by atoms with Crippen molar-refractivity contribution in [2.24, 2.45) is 0 Å². The van der Waals surface area contributed by atoms with Gasteiger partial charge in [0.1, 0.15) is 5.69 Å². The van der Waals surface area contributed by atoms with Crippen LogP contribution in [0.1, 0.15) is 22.8 Å². The Labute approximate surface area is 127 Å². The van der Waals surface area contributed by atoms with Crippen LogP contribution in [0, 0.1) is 10.1 Å². The van der Waals surface area contributed by atoms with Gasteiger partial charge in [0.15, 0.2) is 5.78 Å². The number of rotatable bonds is 6. The first kappa shape index (κ1) is 15.7. The predicted octanol–water partition coefficient (Wildman–Crippen LogP) is 2.62. The first-order valence-electron chi connectivity index (χ1n) is 6.79. The molecule has 0 aliphatic heterocycles. The van der Waals surface area contributed by atoms with Crippen LogP contribution >= 0.6 is 0 Å². The van der Waals surface area contributed by atoms with Gasteiger partial charge in [0, 0.05) is 23.7 Å². The Hall–Kier alpha value is -2.73. The molecule has 0 saturated heterocycles. The van der Waals surface area contributed by atoms with E-state index in [0.29, 0.717) is 5.56 Å². The van der Waals surface area contributed by atoms with Gasteiger partial charge in [0.2, 0.25) is 0 Å². The Morgan fingerprint density at radius 2 is 1.91 bits per heavy atom. The van der Waals surface area contributed by atoms with E-state index in [4.69, 9.17) is 0 Å². The summed E-state index contributed by atoms with van der Waals surface area (Å²) in [6, 6.07) is 12.9. The molecule has 6 nitrogen and oxygen atoms in total. The van der Waals surface area contributed by atoms with Crippen LogP contribution in [0.15, 0.2) is 48.5 Å². The van der Waals surface area contributed by atoms with Crippen LogP contribution in [-0.2, 0) is 0 Å². The van der Waals surface area contributed by atoms with Crippen LogP contribution in [-0.4, -0.2) is 28.5 Å². The number of ketones is 1. The molecule has 2 aromatic carbocycles. The van der Waals surface area contributed by atoms with Crippen molar-refractivity contribution >= 4 is 17.2 Å². The first-order chi connectivity index (χ1) is 10.5. The molecular weight excluding hydrogens is 284 g/mol. The van der Waals surface area contributed by atoms with E-state index in [-0.39, 0.29) is 29.3 Å². The van der Waals surface area contributed by atoms with Gasteiger partial charge in [-0.2, -0.15) is 0 Å². The number of nitrogens with one attached hydrogen (secondary N) is 1. The summed E-state index contributed by atoms with van der Waals surface area (Å²) in [6.07, 6.45) is -0.634. The number of anilines is 1. The number of benzene rings is 2. The van der Waals surface area contributed by atoms with Crippen LogP contribution in [0.3, 0.4) is 0 Å². The largest absolute Gasteiger partial charge is 0.392 e. The average Bonchev–Trinajstić information content (AvgIpc) is 2.52. The molecule has 0 spiro atoms. The van der Waals surface area contributed by atoms with Gasteiger partial charge in [-0.25, -0.2) is 0 Å². The second-order valence-corrected chi connectivity index (χ2v) is 4.91. The van der Waals surface area contributed by atoms with Gasteiger partial charge in [-0.1, -0.05) is 30.3 Å². The van der Waals surface area contributed by atoms with Crippen LogP contribution in [0.25, 0.3) is 0 Å². The maximum Gasteiger partial charge on any atom is 0.293 e. The van der Waals surface area contributed by atoms with E-state index in [9.17, 15) is 20.0 Å². The van der Waals surface area contributed by atoms with Crippen molar-refractivity contribution < 1.29 is 14.8 Å². The molecule has 0 fully saturated rings. The van der Waals surface area contributed by atoms with Crippen molar-refractivity contribution in [3.8, 4) is 0 Å². The third kappa shape index (κ3) is 3.67. The molecule has 2 N–H and O–H groups in total. The zero-order valence-electron chi connectivity index (χ0n) is 12.0. The van der Waals surface area contributed by atoms with Gasteiger partial charge >= 0.3 is 0 Å². The molecule has 0 amide bonds. The smallest absolute Gasteiger partial charge is 0.293 e. The lowest BCUT2D eigenvalue weighted by atomic mass is 10.0. The minimum absolute atomic E-state index is 0.187. The second-order valence-electron chi connectivity index (χ2n) is 4.91. The first-order valence-corrected chi connectivity index (χ1v) is 6.79. The summed E-state index contributed by atoms with van der Waals surface area (Å²) >= 11 is 0. The van der Waals surface area contributed by atoms with E-state index >= 15 is 0 Å². The number of aliphatic hydroxyl groups excluding tert-OH is 1. The van der Waals surface area contributed by atoms with Crippen molar-refractivity contribution in [3.05, 3.63) is 69.8 Å². The van der Waals surface area contributed by atoms with Crippen molar-refractivity contribution in [2.45, 2.75) is 13.0 Å². The number of aliphatic hydroxyl groups is 1. The summed E-state index contributed by atoms with van der Waals surface area (Å²) < 4.78 is 0. The normalized spacial score (nSPS) is 11.7. The molecule has 114 valence electrons. The Balaban J connectivity index is 2.33. The van der Waals surface area contributed by atoms with Crippen molar-refractivity contribution in [1.29, 1.82) is 0 Å². The Morgan fingerprint density at radius 3 is 2.50 bits per heavy atom. The molecule has 0 heterocycles. The van der Waals surface area contributed by atoms with Gasteiger partial charge < -0.3 is 10.4 Å². The quantitative estimate of drug-likeness (QED) is 0.486. The highest BCUT2D eigenvalue weighted by molar-refractivity contribution is 6.09. The number of nitrogens with zero attached hydrogens (tertiary/aromatic N) is 1. The van der Waals surface area contributed by atoms with E-state index in [0.717, 1.165) is 0 Å². The molecule has 0 bridgehead atoms. The molecular formula is C16H16N2O4. The van der Waals surface area contributed by atoms with Crippen molar-refractivity contribution in [1.82, 2.24) is 0 Å². The number of hydrogen-bond acceptors (Lipinski definition) is 5. The minimum atomic E-state index is -0.634. The van der Waals surface area contributed by atoms with Crippen molar-refractivity contribution in [2.75, 3.05) is 11.9 Å². The summed E-state index contributed by atoms with van der Waals surface area (Å²) in [7, 11) is 0. The summed E-state index contributed by atoms with van der Waals surface area (Å²) in [5.74, 6) is -0.272. The number of carbonyl (C=O) groups is 1. The van der Waals surface area contributed by atoms with Crippen LogP contribution in [0.4, 0.5) is 11.4 Å². The molecule has 0 saturated carbocycles. The van der Waals surface area contributed by atoms with Gasteiger partial charge in [-0.05, 0) is 19.1 Å². The molecule has 0 unspecified atom stereocenters. The standard InChI is InChI=1S/C16H16N2O4/c1-11(19)10-17-14-8-7-13(9-15(14)18(21)22)16(20)12-5-3-2-4-6-12/h2-9,11,17,19H,10H2,1H3/t11-/m1/s1. The fourth-order valence-corrected chi connectivity index (χ4v) is 1.99. The summed E-state index contributed by atoms with van der Waals surface area (Å²) in [5, 5.41) is 23.2. The fourth-order valence-electron chi connectivity index (χ4n) is 1.99. The minimum Gasteiger partial charge on any atom is -0.392 e. The highest BCUT2D eigenvalue weighted by atomic mass is 16.6. The maximum absolute atomic E-state index is 12.3. The molecule has 22 heavy (non-hydrogen) atoms. The fraction of sp³-hybridized carbons (Fsp3) is 0.188. The monoisotopic (exact) mass is 300 g/mol. The molecule has 0 aromatic heterocycles. The number of nitro benzene ring substituents is 1. The topological polar surface area (TPSA) is 92.5 Å². The summed E-state index contributed by atoms with van der Waals surface area (Å²) in [5.41, 5.74) is 0.805. The van der Waals surface area contributed by atoms with Crippen molar-refractivity contribution in [3.63, 3.8) is 0 Å². The summed E-state index contributed by atoms with van der Waals surface area (Å²) in [4.78, 5) is 22.9. The van der Waals surface area contributed by atoms with Gasteiger partial charge in [0.25, 0.3) is 5.69 Å². The third-order valence-electron chi connectivity index (χ3n) is 3.08. The second kappa shape index (κ2) is 6.82. The van der Waals surface area contributed by atoms with E-state index in [1.807, 2.05) is 0 Å². The van der Waals surface area contributed by atoms with E-state index in [1.54, 1.807) is 37.3 Å². The van der Waals surface area contributed by atoms with Gasteiger partial charge in [-0.15, -0.1) is 0 Å². The Morgan fingerprint density at radius 1 is 1.23 bits per heavy atom. The van der Waals surface area contributed by atoms with E-state index < -0.39 is 11.0 Å². The SMILES string of the molecule is C[C@@H](O)CNc1ccc(C(=O)c2ccccc2)cc1[N+](=O)[O-]. The maximum atomic E-state index is 12.3. The van der Waals surface area contributed by atoms with Crippen LogP contribution < -0.4 is 5.32 Å². The summed E-state index contributed by atoms with van der Waals surface area (Å²) in [6.45, 7) is 1.76. The van der Waals surface area contributed by atoms with E-state index in [1.165, 1.54) is 18.2 Å². The Kier molecular flexibility index (Phi) is 4.85. The predicted molar refractivity (Wildman–Crippen MR) is 83.1 cm³/mol. The zero-order chi connectivity index (χ0) is 16.1. The molecule has 2 rings (SSSR count). The van der Waals surface area contributed by atoms with Gasteiger partial charge in [-0.3, -0.25) is 14.9 Å². The highest BCUT2D eigenvalue weighted by Crippen LogP contribution is 2.26. The number of nitro groups is 1. The molecule has 0 aliphatic rings. The highest BCUT2D eigenvalue weighted by Gasteiger charge is 2.18. The molecule has 0 radical (unpaired) electrons. The zero-order valence-corrected chi connectivity index (χ0v) is 12.0. The van der Waals surface area contributed by atoms with E-state index in [2.05, 4.69) is 5.32 Å². The third-order valence-corrected chi connectivity index (χ3v) is 3.08. The molecule has 1 atom stereocenters. The van der Waals surface area contributed by atoms with Gasteiger partial charge in [0.05, 0.1) is 11.0 Å². The molecule has 6 heteroatoms. The van der Waals surface area contributed by atoms with Crippen LogP contribution in [0.2, 0.25) is 0 Å². The molecule has 2 aromatic rings. The molecule has 0 aliphatic carbocycles. The lowest BCUT2D eigenvalue weighted by Gasteiger charge is -2.10. The lowest BCUT2D eigenvalue weighted by Crippen LogP contribution is -2.16.